The van der Waals surface area contributed by atoms with Gasteiger partial charge in [-0.3, -0.25) is 9.59 Å². The third-order valence-corrected chi connectivity index (χ3v) is 3.36. The van der Waals surface area contributed by atoms with Gasteiger partial charge in [-0.1, -0.05) is 6.07 Å². The molecule has 0 aliphatic heterocycles. The fourth-order valence-corrected chi connectivity index (χ4v) is 2.22. The molecule has 0 fully saturated rings. The molecule has 2 heterocycles. The van der Waals surface area contributed by atoms with Gasteiger partial charge in [0.05, 0.1) is 17.0 Å². The molecule has 17 heavy (non-hydrogen) atoms. The van der Waals surface area contributed by atoms with Crippen molar-refractivity contribution >= 4 is 39.0 Å². The van der Waals surface area contributed by atoms with E-state index in [2.05, 4.69) is 21.2 Å². The first-order valence-electron chi connectivity index (χ1n) is 4.76. The number of nitrogens with one attached hydrogen (secondary N) is 1. The van der Waals surface area contributed by atoms with Crippen LogP contribution < -0.4 is 5.32 Å². The van der Waals surface area contributed by atoms with Gasteiger partial charge in [-0.05, 0) is 27.4 Å². The molecule has 1 N–H and O–H groups in total. The molecule has 0 aliphatic rings. The van der Waals surface area contributed by atoms with Gasteiger partial charge >= 0.3 is 0 Å². The second-order valence-corrected chi connectivity index (χ2v) is 4.95. The summed E-state index contributed by atoms with van der Waals surface area (Å²) in [6, 6.07) is 5.07. The number of thiophene rings is 1. The lowest BCUT2D eigenvalue weighted by Gasteiger charge is -2.00. The Morgan fingerprint density at radius 3 is 2.88 bits per heavy atom. The molecule has 0 saturated carbocycles. The summed E-state index contributed by atoms with van der Waals surface area (Å²) < 4.78 is 5.42. The Balaban J connectivity index is 1.91. The second kappa shape index (κ2) is 5.29. The molecule has 6 heteroatoms. The van der Waals surface area contributed by atoms with Gasteiger partial charge < -0.3 is 9.73 Å². The van der Waals surface area contributed by atoms with E-state index in [0.717, 1.165) is 0 Å². The van der Waals surface area contributed by atoms with E-state index in [1.165, 1.54) is 17.6 Å². The molecule has 2 aromatic rings. The van der Waals surface area contributed by atoms with Crippen LogP contribution in [0.3, 0.4) is 0 Å². The highest BCUT2D eigenvalue weighted by atomic mass is 79.9. The highest BCUT2D eigenvalue weighted by Crippen LogP contribution is 2.14. The average Bonchev–Trinajstić information content (AvgIpc) is 2.95. The summed E-state index contributed by atoms with van der Waals surface area (Å²) in [5.41, 5.74) is 0.385. The number of carbonyl (C=O) groups is 2. The number of rotatable bonds is 4. The number of Topliss-reactive ketones (excluding diaryl/α,β-unsaturated/α-hetero) is 1. The standard InChI is InChI=1S/C11H8BrNO3S/c12-10-4-7(6-16-10)11(15)13-5-8(14)9-2-1-3-17-9/h1-4,6H,5H2,(H,13,15). The predicted molar refractivity (Wildman–Crippen MR) is 67.4 cm³/mol. The van der Waals surface area contributed by atoms with Crippen LogP contribution in [0.4, 0.5) is 0 Å². The highest BCUT2D eigenvalue weighted by molar-refractivity contribution is 9.10. The lowest BCUT2D eigenvalue weighted by Crippen LogP contribution is -2.28. The molecule has 0 atom stereocenters. The topological polar surface area (TPSA) is 59.3 Å². The Hall–Kier alpha value is -1.40. The number of carbonyl (C=O) groups excluding carboxylic acids is 2. The van der Waals surface area contributed by atoms with Gasteiger partial charge in [0.15, 0.2) is 10.5 Å². The first-order valence-corrected chi connectivity index (χ1v) is 6.43. The van der Waals surface area contributed by atoms with Crippen molar-refractivity contribution in [1.82, 2.24) is 5.32 Å². The fraction of sp³-hybridized carbons (Fsp3) is 0.0909. The number of ketones is 1. The van der Waals surface area contributed by atoms with Crippen molar-refractivity contribution in [2.24, 2.45) is 0 Å². The van der Waals surface area contributed by atoms with Crippen LogP contribution in [0.15, 0.2) is 38.9 Å². The van der Waals surface area contributed by atoms with Crippen molar-refractivity contribution in [2.75, 3.05) is 6.54 Å². The molecule has 0 unspecified atom stereocenters. The van der Waals surface area contributed by atoms with Gasteiger partial charge in [-0.2, -0.15) is 0 Å². The Labute approximate surface area is 110 Å². The zero-order valence-corrected chi connectivity index (χ0v) is 11.0. The van der Waals surface area contributed by atoms with E-state index >= 15 is 0 Å². The number of amides is 1. The molecule has 0 aliphatic carbocycles. The fourth-order valence-electron chi connectivity index (χ4n) is 1.22. The molecule has 0 radical (unpaired) electrons. The summed E-state index contributed by atoms with van der Waals surface area (Å²) in [6.45, 7) is -0.0118. The van der Waals surface area contributed by atoms with E-state index in [-0.39, 0.29) is 18.2 Å². The van der Waals surface area contributed by atoms with Gasteiger partial charge in [-0.25, -0.2) is 0 Å². The highest BCUT2D eigenvalue weighted by Gasteiger charge is 2.12. The molecular weight excluding hydrogens is 306 g/mol. The minimum absolute atomic E-state index is 0.0118. The van der Waals surface area contributed by atoms with Gasteiger partial charge in [0.1, 0.15) is 6.26 Å². The minimum atomic E-state index is -0.329. The molecule has 88 valence electrons. The van der Waals surface area contributed by atoms with Crippen LogP contribution in [0.2, 0.25) is 0 Å². The van der Waals surface area contributed by atoms with Crippen LogP contribution in [0, 0.1) is 0 Å². The van der Waals surface area contributed by atoms with E-state index in [1.54, 1.807) is 18.2 Å². The van der Waals surface area contributed by atoms with Gasteiger partial charge in [0.25, 0.3) is 5.91 Å². The van der Waals surface area contributed by atoms with E-state index in [0.29, 0.717) is 15.1 Å². The molecule has 2 rings (SSSR count). The molecule has 4 nitrogen and oxygen atoms in total. The lowest BCUT2D eigenvalue weighted by molar-refractivity contribution is 0.0905. The first kappa shape index (κ1) is 12.1. The summed E-state index contributed by atoms with van der Waals surface area (Å²) in [5, 5.41) is 4.36. The largest absolute Gasteiger partial charge is 0.457 e. The normalized spacial score (nSPS) is 10.2. The maximum atomic E-state index is 11.6. The van der Waals surface area contributed by atoms with Crippen molar-refractivity contribution in [3.63, 3.8) is 0 Å². The predicted octanol–water partition coefficient (Wildman–Crippen LogP) is 2.72. The Morgan fingerprint density at radius 1 is 1.47 bits per heavy atom. The van der Waals surface area contributed by atoms with Gasteiger partial charge in [0, 0.05) is 6.07 Å². The van der Waals surface area contributed by atoms with Crippen LogP contribution in [0.1, 0.15) is 20.0 Å². The molecular formula is C11H8BrNO3S. The second-order valence-electron chi connectivity index (χ2n) is 3.22. The van der Waals surface area contributed by atoms with Crippen LogP contribution in [0.5, 0.6) is 0 Å². The maximum Gasteiger partial charge on any atom is 0.254 e. The molecule has 0 saturated heterocycles. The lowest BCUT2D eigenvalue weighted by atomic mass is 10.3. The SMILES string of the molecule is O=C(NCC(=O)c1cccs1)c1coc(Br)c1. The van der Waals surface area contributed by atoms with Crippen LogP contribution >= 0.6 is 27.3 Å². The number of hydrogen-bond donors (Lipinski definition) is 1. The van der Waals surface area contributed by atoms with Crippen molar-refractivity contribution in [2.45, 2.75) is 0 Å². The minimum Gasteiger partial charge on any atom is -0.457 e. The molecule has 0 spiro atoms. The molecule has 0 bridgehead atoms. The van der Waals surface area contributed by atoms with E-state index in [1.807, 2.05) is 5.38 Å². The number of halogens is 1. The zero-order chi connectivity index (χ0) is 12.3. The first-order chi connectivity index (χ1) is 8.16. The van der Waals surface area contributed by atoms with Gasteiger partial charge in [-0.15, -0.1) is 11.3 Å². The van der Waals surface area contributed by atoms with Crippen molar-refractivity contribution < 1.29 is 14.0 Å². The Kier molecular flexibility index (Phi) is 3.75. The van der Waals surface area contributed by atoms with Crippen molar-refractivity contribution in [3.8, 4) is 0 Å². The van der Waals surface area contributed by atoms with E-state index < -0.39 is 0 Å². The molecule has 2 aromatic heterocycles. The zero-order valence-electron chi connectivity index (χ0n) is 8.60. The maximum absolute atomic E-state index is 11.6. The Bertz CT molecular complexity index is 533. The molecule has 0 aromatic carbocycles. The summed E-state index contributed by atoms with van der Waals surface area (Å²) >= 11 is 4.46. The van der Waals surface area contributed by atoms with E-state index in [9.17, 15) is 9.59 Å². The summed E-state index contributed by atoms with van der Waals surface area (Å²) in [7, 11) is 0. The van der Waals surface area contributed by atoms with Crippen LogP contribution in [-0.4, -0.2) is 18.2 Å². The summed E-state index contributed by atoms with van der Waals surface area (Å²) in [5.74, 6) is -0.430. The quantitative estimate of drug-likeness (QED) is 0.883. The van der Waals surface area contributed by atoms with Gasteiger partial charge in [0.2, 0.25) is 0 Å². The smallest absolute Gasteiger partial charge is 0.254 e. The van der Waals surface area contributed by atoms with Crippen molar-refractivity contribution in [1.29, 1.82) is 0 Å². The monoisotopic (exact) mass is 313 g/mol. The van der Waals surface area contributed by atoms with Crippen LogP contribution in [0.25, 0.3) is 0 Å². The third-order valence-electron chi connectivity index (χ3n) is 2.04. The Morgan fingerprint density at radius 2 is 2.29 bits per heavy atom. The number of furan rings is 1. The molecule has 1 amide bonds. The van der Waals surface area contributed by atoms with E-state index in [4.69, 9.17) is 4.42 Å². The summed E-state index contributed by atoms with van der Waals surface area (Å²) in [6.07, 6.45) is 1.33. The third kappa shape index (κ3) is 3.04. The average molecular weight is 314 g/mol. The number of hydrogen-bond acceptors (Lipinski definition) is 4. The van der Waals surface area contributed by atoms with Crippen LogP contribution in [-0.2, 0) is 0 Å². The summed E-state index contributed by atoms with van der Waals surface area (Å²) in [4.78, 5) is 23.8. The van der Waals surface area contributed by atoms with Crippen molar-refractivity contribution in [3.05, 3.63) is 45.0 Å².